The fourth-order valence-corrected chi connectivity index (χ4v) is 3.27. The molecule has 2 rings (SSSR count). The van der Waals surface area contributed by atoms with Crippen LogP contribution < -0.4 is 0 Å². The van der Waals surface area contributed by atoms with Gasteiger partial charge < -0.3 is 4.74 Å². The summed E-state index contributed by atoms with van der Waals surface area (Å²) in [6, 6.07) is 3.47. The first-order chi connectivity index (χ1) is 8.87. The summed E-state index contributed by atoms with van der Waals surface area (Å²) < 4.78 is 29.4. The number of nitrogens with zero attached hydrogens (tertiary/aromatic N) is 2. The van der Waals surface area contributed by atoms with Crippen LogP contribution in [0.2, 0.25) is 0 Å². The number of hydrogen-bond donors (Lipinski definition) is 0. The van der Waals surface area contributed by atoms with Gasteiger partial charge in [0.1, 0.15) is 0 Å². The third-order valence-corrected chi connectivity index (χ3v) is 4.41. The van der Waals surface area contributed by atoms with Crippen molar-refractivity contribution >= 4 is 21.8 Å². The Balaban J connectivity index is 2.46. The summed E-state index contributed by atoms with van der Waals surface area (Å²) in [4.78, 5) is 21.3. The summed E-state index contributed by atoms with van der Waals surface area (Å²) in [5.41, 5.74) is -0.00770. The van der Waals surface area contributed by atoms with E-state index < -0.39 is 21.0 Å². The molecule has 0 saturated heterocycles. The molecule has 0 aliphatic carbocycles. The van der Waals surface area contributed by atoms with Gasteiger partial charge in [0.15, 0.2) is 0 Å². The number of nitro benzene ring substituents is 1. The Kier molecular flexibility index (Phi) is 3.14. The molecule has 1 aliphatic rings. The zero-order chi connectivity index (χ0) is 14.2. The summed E-state index contributed by atoms with van der Waals surface area (Å²) >= 11 is 0. The molecule has 0 saturated carbocycles. The molecular weight excluding hydrogens is 276 g/mol. The standard InChI is InChI=1S/C10H10N2O6S/c1-2-18-10(13)11-6-7-3-4-8(12(14)15)5-9(7)19(11,16)17/h3-5H,2,6H2,1H3. The Hall–Kier alpha value is -2.16. The van der Waals surface area contributed by atoms with Crippen molar-refractivity contribution in [2.45, 2.75) is 18.4 Å². The molecule has 1 aromatic carbocycles. The van der Waals surface area contributed by atoms with Crippen LogP contribution in [0.4, 0.5) is 10.5 Å². The van der Waals surface area contributed by atoms with Crippen LogP contribution in [0.3, 0.4) is 0 Å². The first kappa shape index (κ1) is 13.3. The second-order valence-electron chi connectivity index (χ2n) is 3.76. The SMILES string of the molecule is CCOC(=O)N1Cc2ccc([N+](=O)[O-])cc2S1(=O)=O. The monoisotopic (exact) mass is 286 g/mol. The number of sulfonamides is 1. The third kappa shape index (κ3) is 2.12. The molecular formula is C10H10N2O6S. The topological polar surface area (TPSA) is 107 Å². The lowest BCUT2D eigenvalue weighted by molar-refractivity contribution is -0.385. The van der Waals surface area contributed by atoms with Crippen molar-refractivity contribution in [3.05, 3.63) is 33.9 Å². The van der Waals surface area contributed by atoms with E-state index in [0.29, 0.717) is 9.87 Å². The molecule has 1 heterocycles. The third-order valence-electron chi connectivity index (χ3n) is 2.62. The van der Waals surface area contributed by atoms with Crippen molar-refractivity contribution in [1.29, 1.82) is 0 Å². The van der Waals surface area contributed by atoms with Crippen molar-refractivity contribution in [3.63, 3.8) is 0 Å². The van der Waals surface area contributed by atoms with Crippen LogP contribution in [-0.2, 0) is 21.3 Å². The number of carbonyl (C=O) groups is 1. The molecule has 102 valence electrons. The number of carbonyl (C=O) groups excluding carboxylic acids is 1. The Morgan fingerprint density at radius 3 is 2.79 bits per heavy atom. The van der Waals surface area contributed by atoms with E-state index in [2.05, 4.69) is 4.74 Å². The fourth-order valence-electron chi connectivity index (χ4n) is 1.74. The molecule has 0 radical (unpaired) electrons. The van der Waals surface area contributed by atoms with Gasteiger partial charge in [-0.3, -0.25) is 10.1 Å². The number of ether oxygens (including phenoxy) is 1. The predicted octanol–water partition coefficient (Wildman–Crippen LogP) is 1.26. The van der Waals surface area contributed by atoms with Crippen LogP contribution in [0.15, 0.2) is 23.1 Å². The van der Waals surface area contributed by atoms with Crippen LogP contribution in [0, 0.1) is 10.1 Å². The normalized spacial score (nSPS) is 15.9. The molecule has 0 aromatic heterocycles. The molecule has 0 N–H and O–H groups in total. The van der Waals surface area contributed by atoms with Crippen molar-refractivity contribution in [2.75, 3.05) is 6.61 Å². The van der Waals surface area contributed by atoms with Gasteiger partial charge in [-0.2, -0.15) is 4.31 Å². The van der Waals surface area contributed by atoms with Crippen molar-refractivity contribution in [1.82, 2.24) is 4.31 Å². The maximum atomic E-state index is 12.1. The zero-order valence-corrected chi connectivity index (χ0v) is 10.7. The van der Waals surface area contributed by atoms with Gasteiger partial charge in [-0.15, -0.1) is 0 Å². The highest BCUT2D eigenvalue weighted by Crippen LogP contribution is 2.33. The van der Waals surface area contributed by atoms with Gasteiger partial charge >= 0.3 is 6.09 Å². The van der Waals surface area contributed by atoms with Crippen LogP contribution >= 0.6 is 0 Å². The number of rotatable bonds is 2. The van der Waals surface area contributed by atoms with Gasteiger partial charge in [-0.05, 0) is 18.6 Å². The second-order valence-corrected chi connectivity index (χ2v) is 5.59. The Bertz CT molecular complexity index is 654. The Morgan fingerprint density at radius 1 is 1.53 bits per heavy atom. The summed E-state index contributed by atoms with van der Waals surface area (Å²) in [5.74, 6) is 0. The summed E-state index contributed by atoms with van der Waals surface area (Å²) in [6.07, 6.45) is -0.985. The summed E-state index contributed by atoms with van der Waals surface area (Å²) in [7, 11) is -4.07. The highest BCUT2D eigenvalue weighted by atomic mass is 32.2. The average molecular weight is 286 g/mol. The Labute approximate surface area is 108 Å². The molecule has 8 nitrogen and oxygen atoms in total. The van der Waals surface area contributed by atoms with Crippen molar-refractivity contribution in [3.8, 4) is 0 Å². The van der Waals surface area contributed by atoms with Crippen LogP contribution in [0.25, 0.3) is 0 Å². The number of fused-ring (bicyclic) bond motifs is 1. The number of non-ortho nitro benzene ring substituents is 1. The molecule has 0 spiro atoms. The maximum absolute atomic E-state index is 12.1. The van der Waals surface area contributed by atoms with E-state index in [1.54, 1.807) is 6.92 Å². The highest BCUT2D eigenvalue weighted by Gasteiger charge is 2.40. The molecule has 0 fully saturated rings. The smallest absolute Gasteiger partial charge is 0.424 e. The maximum Gasteiger partial charge on any atom is 0.424 e. The van der Waals surface area contributed by atoms with Crippen LogP contribution in [-0.4, -0.2) is 30.3 Å². The fraction of sp³-hybridized carbons (Fsp3) is 0.300. The van der Waals surface area contributed by atoms with Crippen LogP contribution in [0.5, 0.6) is 0 Å². The van der Waals surface area contributed by atoms with E-state index in [-0.39, 0.29) is 23.7 Å². The van der Waals surface area contributed by atoms with Gasteiger partial charge in [0.2, 0.25) is 0 Å². The molecule has 1 aromatic rings. The van der Waals surface area contributed by atoms with Crippen LogP contribution in [0.1, 0.15) is 12.5 Å². The zero-order valence-electron chi connectivity index (χ0n) is 9.90. The number of hydrogen-bond acceptors (Lipinski definition) is 6. The average Bonchev–Trinajstić information content (AvgIpc) is 2.61. The van der Waals surface area contributed by atoms with Crippen molar-refractivity contribution < 1.29 is 22.9 Å². The first-order valence-electron chi connectivity index (χ1n) is 5.34. The molecule has 9 heteroatoms. The summed E-state index contributed by atoms with van der Waals surface area (Å²) in [5, 5.41) is 10.6. The van der Waals surface area contributed by atoms with E-state index in [1.165, 1.54) is 12.1 Å². The minimum atomic E-state index is -4.07. The van der Waals surface area contributed by atoms with E-state index in [9.17, 15) is 23.3 Å². The summed E-state index contributed by atoms with van der Waals surface area (Å²) in [6.45, 7) is 1.43. The van der Waals surface area contributed by atoms with Crippen molar-refractivity contribution in [2.24, 2.45) is 0 Å². The molecule has 0 atom stereocenters. The lowest BCUT2D eigenvalue weighted by Crippen LogP contribution is -2.31. The molecule has 1 aliphatic heterocycles. The van der Waals surface area contributed by atoms with Gasteiger partial charge in [0.25, 0.3) is 15.7 Å². The molecule has 1 amide bonds. The first-order valence-corrected chi connectivity index (χ1v) is 6.78. The highest BCUT2D eigenvalue weighted by molar-refractivity contribution is 7.90. The molecule has 0 unspecified atom stereocenters. The quantitative estimate of drug-likeness (QED) is 0.598. The van der Waals surface area contributed by atoms with E-state index in [1.807, 2.05) is 0 Å². The second kappa shape index (κ2) is 4.50. The van der Waals surface area contributed by atoms with Gasteiger partial charge in [0.05, 0.1) is 23.0 Å². The van der Waals surface area contributed by atoms with Gasteiger partial charge in [-0.25, -0.2) is 13.2 Å². The Morgan fingerprint density at radius 2 is 2.21 bits per heavy atom. The van der Waals surface area contributed by atoms with Gasteiger partial charge in [-0.1, -0.05) is 0 Å². The van der Waals surface area contributed by atoms with E-state index >= 15 is 0 Å². The number of amides is 1. The minimum Gasteiger partial charge on any atom is -0.449 e. The van der Waals surface area contributed by atoms with Gasteiger partial charge in [0, 0.05) is 12.1 Å². The van der Waals surface area contributed by atoms with E-state index in [0.717, 1.165) is 6.07 Å². The predicted molar refractivity (Wildman–Crippen MR) is 62.8 cm³/mol. The van der Waals surface area contributed by atoms with E-state index in [4.69, 9.17) is 0 Å². The largest absolute Gasteiger partial charge is 0.449 e. The molecule has 0 bridgehead atoms. The minimum absolute atomic E-state index is 0.0430. The molecule has 19 heavy (non-hydrogen) atoms. The number of benzene rings is 1. The lowest BCUT2D eigenvalue weighted by atomic mass is 10.2. The number of nitro groups is 1. The lowest BCUT2D eigenvalue weighted by Gasteiger charge is -2.13.